The minimum absolute atomic E-state index is 0.0762. The van der Waals surface area contributed by atoms with Crippen LogP contribution in [0, 0.1) is 34.5 Å². The maximum atomic E-state index is 10.2. The third-order valence-corrected chi connectivity index (χ3v) is 9.04. The zero-order chi connectivity index (χ0) is 19.8. The summed E-state index contributed by atoms with van der Waals surface area (Å²) in [5.41, 5.74) is 1.74. The highest BCUT2D eigenvalue weighted by Crippen LogP contribution is 2.63. The van der Waals surface area contributed by atoms with Gasteiger partial charge in [0.15, 0.2) is 5.11 Å². The molecule has 0 saturated heterocycles. The molecule has 3 saturated carbocycles. The van der Waals surface area contributed by atoms with Crippen LogP contribution < -0.4 is 10.6 Å². The van der Waals surface area contributed by atoms with Gasteiger partial charge in [0.2, 0.25) is 0 Å². The highest BCUT2D eigenvalue weighted by molar-refractivity contribution is 7.80. The molecule has 7 atom stereocenters. The van der Waals surface area contributed by atoms with E-state index in [1.807, 2.05) is 7.05 Å². The van der Waals surface area contributed by atoms with Crippen molar-refractivity contribution in [1.29, 1.82) is 0 Å². The van der Waals surface area contributed by atoms with Crippen LogP contribution in [0.25, 0.3) is 0 Å². The minimum atomic E-state index is -0.260. The Labute approximate surface area is 170 Å². The van der Waals surface area contributed by atoms with E-state index in [0.717, 1.165) is 32.2 Å². The van der Waals surface area contributed by atoms with Crippen LogP contribution in [-0.2, 0) is 0 Å². The molecule has 4 nitrogen and oxygen atoms in total. The van der Waals surface area contributed by atoms with Gasteiger partial charge < -0.3 is 20.8 Å². The number of aliphatic hydroxyl groups excluding tert-OH is 2. The number of thiocarbonyl (C=S) groups is 1. The van der Waals surface area contributed by atoms with E-state index in [1.54, 1.807) is 0 Å². The first-order valence-corrected chi connectivity index (χ1v) is 11.1. The van der Waals surface area contributed by atoms with Gasteiger partial charge in [0.05, 0.1) is 6.10 Å². The molecule has 0 radical (unpaired) electrons. The SMILES string of the molecule is C=C1CC[C@H]2[C@H](CNC(=S)NC)[C@@H]([C@]3(C)CC[C@H](O)C[C@@H]3CO)CC[C@]12C. The fraction of sp³-hybridized carbons (Fsp3) is 0.864. The Kier molecular flexibility index (Phi) is 6.24. The lowest BCUT2D eigenvalue weighted by molar-refractivity contribution is -0.0925. The van der Waals surface area contributed by atoms with Crippen LogP contribution in [-0.4, -0.2) is 41.6 Å². The number of hydrogen-bond donors (Lipinski definition) is 4. The third kappa shape index (κ3) is 3.67. The van der Waals surface area contributed by atoms with Gasteiger partial charge >= 0.3 is 0 Å². The Morgan fingerprint density at radius 2 is 1.96 bits per heavy atom. The zero-order valence-electron chi connectivity index (χ0n) is 17.3. The van der Waals surface area contributed by atoms with E-state index in [0.29, 0.717) is 22.9 Å². The first-order chi connectivity index (χ1) is 12.8. The van der Waals surface area contributed by atoms with Crippen LogP contribution in [0.1, 0.15) is 58.8 Å². The molecular weight excluding hydrogens is 356 g/mol. The number of fused-ring (bicyclic) bond motifs is 1. The second kappa shape index (κ2) is 8.00. The van der Waals surface area contributed by atoms with Crippen molar-refractivity contribution >= 4 is 17.3 Å². The van der Waals surface area contributed by atoms with Gasteiger partial charge in [0.1, 0.15) is 0 Å². The van der Waals surface area contributed by atoms with Crippen molar-refractivity contribution in [2.24, 2.45) is 34.5 Å². The molecule has 4 N–H and O–H groups in total. The number of nitrogens with one attached hydrogen (secondary N) is 2. The molecule has 3 aliphatic rings. The number of allylic oxidation sites excluding steroid dienone is 1. The number of rotatable bonds is 4. The maximum absolute atomic E-state index is 10.2. The molecule has 3 fully saturated rings. The quantitative estimate of drug-likeness (QED) is 0.435. The average Bonchev–Trinajstić information content (AvgIpc) is 2.96. The summed E-state index contributed by atoms with van der Waals surface area (Å²) in [5.74, 6) is 1.86. The van der Waals surface area contributed by atoms with Crippen molar-refractivity contribution in [3.63, 3.8) is 0 Å². The van der Waals surface area contributed by atoms with E-state index < -0.39 is 0 Å². The van der Waals surface area contributed by atoms with Crippen LogP contribution >= 0.6 is 12.2 Å². The van der Waals surface area contributed by atoms with Crippen molar-refractivity contribution in [3.8, 4) is 0 Å². The fourth-order valence-electron chi connectivity index (χ4n) is 6.77. The van der Waals surface area contributed by atoms with Crippen LogP contribution in [0.15, 0.2) is 12.2 Å². The largest absolute Gasteiger partial charge is 0.396 e. The Morgan fingerprint density at radius 1 is 1.22 bits per heavy atom. The number of aliphatic hydroxyl groups is 2. The fourth-order valence-corrected chi connectivity index (χ4v) is 6.85. The van der Waals surface area contributed by atoms with Gasteiger partial charge in [-0.05, 0) is 91.7 Å². The predicted molar refractivity (Wildman–Crippen MR) is 114 cm³/mol. The third-order valence-electron chi connectivity index (χ3n) is 8.69. The van der Waals surface area contributed by atoms with Crippen molar-refractivity contribution in [2.45, 2.75) is 64.9 Å². The topological polar surface area (TPSA) is 64.5 Å². The van der Waals surface area contributed by atoms with E-state index in [9.17, 15) is 10.2 Å². The Bertz CT molecular complexity index is 583. The average molecular weight is 395 g/mol. The summed E-state index contributed by atoms with van der Waals surface area (Å²) in [6, 6.07) is 0. The summed E-state index contributed by atoms with van der Waals surface area (Å²) in [6.07, 6.45) is 7.05. The molecule has 0 aromatic heterocycles. The maximum Gasteiger partial charge on any atom is 0.166 e. The molecule has 0 unspecified atom stereocenters. The van der Waals surface area contributed by atoms with Crippen molar-refractivity contribution in [1.82, 2.24) is 10.6 Å². The molecule has 0 aliphatic heterocycles. The summed E-state index contributed by atoms with van der Waals surface area (Å²) < 4.78 is 0. The van der Waals surface area contributed by atoms with Gasteiger partial charge in [-0.25, -0.2) is 0 Å². The Hall–Kier alpha value is -0.650. The predicted octanol–water partition coefficient (Wildman–Crippen LogP) is 3.24. The minimum Gasteiger partial charge on any atom is -0.396 e. The van der Waals surface area contributed by atoms with E-state index >= 15 is 0 Å². The summed E-state index contributed by atoms with van der Waals surface area (Å²) >= 11 is 5.37. The van der Waals surface area contributed by atoms with E-state index in [-0.39, 0.29) is 29.5 Å². The van der Waals surface area contributed by atoms with Gasteiger partial charge in [-0.2, -0.15) is 0 Å². The second-order valence-electron chi connectivity index (χ2n) is 9.75. The summed E-state index contributed by atoms with van der Waals surface area (Å²) in [7, 11) is 1.86. The van der Waals surface area contributed by atoms with Crippen LogP contribution in [0.5, 0.6) is 0 Å². The first-order valence-electron chi connectivity index (χ1n) is 10.7. The highest BCUT2D eigenvalue weighted by Gasteiger charge is 2.56. The molecule has 0 bridgehead atoms. The van der Waals surface area contributed by atoms with Gasteiger partial charge in [0.25, 0.3) is 0 Å². The van der Waals surface area contributed by atoms with Gasteiger partial charge in [0, 0.05) is 20.2 Å². The van der Waals surface area contributed by atoms with Gasteiger partial charge in [-0.3, -0.25) is 0 Å². The molecule has 154 valence electrons. The molecule has 0 aromatic carbocycles. The lowest BCUT2D eigenvalue weighted by Crippen LogP contribution is -2.54. The molecule has 27 heavy (non-hydrogen) atoms. The zero-order valence-corrected chi connectivity index (χ0v) is 18.1. The Morgan fingerprint density at radius 3 is 2.63 bits per heavy atom. The second-order valence-corrected chi connectivity index (χ2v) is 10.2. The van der Waals surface area contributed by atoms with Crippen LogP contribution in [0.3, 0.4) is 0 Å². The lowest BCUT2D eigenvalue weighted by Gasteiger charge is -2.56. The standard InChI is InChI=1S/C22H38N2O2S/c1-14-5-6-18-17(12-24-20(27)23-4)19(8-10-21(14,18)2)22(3)9-7-16(26)11-15(22)13-25/h15-19,25-26H,1,5-13H2,2-4H3,(H2,23,24,27)/t15-,16+,17+,18+,19+,21-,22-/m1/s1. The van der Waals surface area contributed by atoms with Crippen LogP contribution in [0.4, 0.5) is 0 Å². The van der Waals surface area contributed by atoms with E-state index in [2.05, 4.69) is 31.1 Å². The van der Waals surface area contributed by atoms with Gasteiger partial charge in [-0.1, -0.05) is 26.0 Å². The summed E-state index contributed by atoms with van der Waals surface area (Å²) in [4.78, 5) is 0. The molecular formula is C22H38N2O2S. The smallest absolute Gasteiger partial charge is 0.166 e. The molecule has 0 spiro atoms. The lowest BCUT2D eigenvalue weighted by atomic mass is 9.49. The highest BCUT2D eigenvalue weighted by atomic mass is 32.1. The first kappa shape index (κ1) is 21.1. The molecule has 3 rings (SSSR count). The van der Waals surface area contributed by atoms with Crippen LogP contribution in [0.2, 0.25) is 0 Å². The molecule has 0 amide bonds. The van der Waals surface area contributed by atoms with Crippen molar-refractivity contribution in [3.05, 3.63) is 12.2 Å². The van der Waals surface area contributed by atoms with Crippen molar-refractivity contribution < 1.29 is 10.2 Å². The van der Waals surface area contributed by atoms with E-state index in [4.69, 9.17) is 12.2 Å². The molecule has 0 aromatic rings. The van der Waals surface area contributed by atoms with E-state index in [1.165, 1.54) is 24.8 Å². The monoisotopic (exact) mass is 394 g/mol. The van der Waals surface area contributed by atoms with Gasteiger partial charge in [-0.15, -0.1) is 0 Å². The van der Waals surface area contributed by atoms with Crippen molar-refractivity contribution in [2.75, 3.05) is 20.2 Å². The normalized spacial score (nSPS) is 44.6. The molecule has 3 aliphatic carbocycles. The summed E-state index contributed by atoms with van der Waals surface area (Å²) in [5, 5.41) is 27.5. The Balaban J connectivity index is 1.90. The molecule has 5 heteroatoms. The summed E-state index contributed by atoms with van der Waals surface area (Å²) in [6.45, 7) is 10.3. The number of hydrogen-bond acceptors (Lipinski definition) is 3. The molecule has 0 heterocycles.